The Morgan fingerprint density at radius 2 is 2.07 bits per heavy atom. The summed E-state index contributed by atoms with van der Waals surface area (Å²) in [4.78, 5) is 14.9. The molecule has 1 aromatic heterocycles. The average molecular weight is 359 g/mol. The van der Waals surface area contributed by atoms with Crippen LogP contribution in [0.25, 0.3) is 12.7 Å². The van der Waals surface area contributed by atoms with Crippen LogP contribution in [0.2, 0.25) is 0 Å². The zero-order chi connectivity index (χ0) is 19.5. The SMILES string of the molecule is C=c1c(C#N)c(O)n(C)c(=O)/c1=C\C=C1\N2CCc3cccc(c32)C1(C)C. The highest BCUT2D eigenvalue weighted by molar-refractivity contribution is 5.77. The molecular weight excluding hydrogens is 338 g/mol. The van der Waals surface area contributed by atoms with Gasteiger partial charge in [0, 0.05) is 40.8 Å². The van der Waals surface area contributed by atoms with Crippen molar-refractivity contribution in [2.45, 2.75) is 25.7 Å². The molecule has 0 radical (unpaired) electrons. The Morgan fingerprint density at radius 1 is 1.33 bits per heavy atom. The molecule has 0 saturated heterocycles. The Morgan fingerprint density at radius 3 is 2.78 bits per heavy atom. The molecule has 136 valence electrons. The molecule has 2 aliphatic heterocycles. The predicted octanol–water partition coefficient (Wildman–Crippen LogP) is 1.39. The molecule has 0 spiro atoms. The molecule has 0 fully saturated rings. The lowest BCUT2D eigenvalue weighted by molar-refractivity contribution is 0.420. The number of nitrogens with zero attached hydrogens (tertiary/aromatic N) is 3. The van der Waals surface area contributed by atoms with Crippen LogP contribution in [-0.2, 0) is 18.9 Å². The van der Waals surface area contributed by atoms with Gasteiger partial charge in [0.1, 0.15) is 11.6 Å². The molecule has 0 saturated carbocycles. The van der Waals surface area contributed by atoms with Gasteiger partial charge in [-0.05, 0) is 29.7 Å². The lowest BCUT2D eigenvalue weighted by Gasteiger charge is -2.25. The van der Waals surface area contributed by atoms with Crippen LogP contribution in [-0.4, -0.2) is 16.2 Å². The van der Waals surface area contributed by atoms with E-state index in [0.29, 0.717) is 5.22 Å². The van der Waals surface area contributed by atoms with Crippen molar-refractivity contribution in [3.05, 3.63) is 67.5 Å². The summed E-state index contributed by atoms with van der Waals surface area (Å²) in [6, 6.07) is 8.38. The number of rotatable bonds is 1. The molecule has 1 aromatic carbocycles. The fraction of sp³-hybridized carbons (Fsp3) is 0.273. The summed E-state index contributed by atoms with van der Waals surface area (Å²) in [5, 5.41) is 19.9. The quantitative estimate of drug-likeness (QED) is 0.835. The highest BCUT2D eigenvalue weighted by Crippen LogP contribution is 2.51. The first-order chi connectivity index (χ1) is 12.8. The average Bonchev–Trinajstić information content (AvgIpc) is 3.15. The largest absolute Gasteiger partial charge is 0.493 e. The van der Waals surface area contributed by atoms with Gasteiger partial charge in [-0.2, -0.15) is 5.26 Å². The molecule has 2 aliphatic rings. The topological polar surface area (TPSA) is 69.3 Å². The number of aromatic hydroxyl groups is 1. The summed E-state index contributed by atoms with van der Waals surface area (Å²) in [6.45, 7) is 9.14. The van der Waals surface area contributed by atoms with Gasteiger partial charge in [-0.25, -0.2) is 0 Å². The van der Waals surface area contributed by atoms with E-state index in [2.05, 4.69) is 43.5 Å². The molecule has 0 amide bonds. The minimum absolute atomic E-state index is 0.0270. The van der Waals surface area contributed by atoms with E-state index in [0.717, 1.165) is 23.2 Å². The summed E-state index contributed by atoms with van der Waals surface area (Å²) in [6.07, 6.45) is 4.70. The summed E-state index contributed by atoms with van der Waals surface area (Å²) in [7, 11) is 1.45. The van der Waals surface area contributed by atoms with Crippen LogP contribution in [0.5, 0.6) is 5.88 Å². The van der Waals surface area contributed by atoms with E-state index in [9.17, 15) is 15.2 Å². The van der Waals surface area contributed by atoms with Gasteiger partial charge >= 0.3 is 0 Å². The van der Waals surface area contributed by atoms with Gasteiger partial charge in [0.25, 0.3) is 5.56 Å². The molecular formula is C22H21N3O2. The van der Waals surface area contributed by atoms with E-state index in [4.69, 9.17) is 0 Å². The molecule has 5 heteroatoms. The first kappa shape index (κ1) is 17.2. The van der Waals surface area contributed by atoms with Crippen molar-refractivity contribution in [3.63, 3.8) is 0 Å². The van der Waals surface area contributed by atoms with Crippen LogP contribution in [0.15, 0.2) is 34.8 Å². The van der Waals surface area contributed by atoms with Crippen LogP contribution in [0, 0.1) is 11.3 Å². The van der Waals surface area contributed by atoms with Gasteiger partial charge in [-0.1, -0.05) is 38.6 Å². The van der Waals surface area contributed by atoms with Crippen LogP contribution < -0.4 is 20.9 Å². The standard InChI is InChI=1S/C22H21N3O2/c1-13-15(20(26)24(4)21(27)16(13)12-23)8-9-18-22(2,3)17-7-5-6-14-10-11-25(18)19(14)17/h5-9,27H,1,10-11H2,2-4H3/b15-8-,18-9+. The Hall–Kier alpha value is -3.26. The predicted molar refractivity (Wildman–Crippen MR) is 106 cm³/mol. The van der Waals surface area contributed by atoms with Crippen molar-refractivity contribution in [2.75, 3.05) is 11.4 Å². The van der Waals surface area contributed by atoms with E-state index in [1.54, 1.807) is 6.08 Å². The highest BCUT2D eigenvalue weighted by Gasteiger charge is 2.43. The number of para-hydroxylation sites is 1. The van der Waals surface area contributed by atoms with Crippen molar-refractivity contribution in [3.8, 4) is 11.9 Å². The fourth-order valence-corrected chi connectivity index (χ4v) is 4.27. The molecule has 4 rings (SSSR count). The monoisotopic (exact) mass is 359 g/mol. The van der Waals surface area contributed by atoms with Gasteiger partial charge in [-0.15, -0.1) is 0 Å². The van der Waals surface area contributed by atoms with Gasteiger partial charge in [0.05, 0.1) is 0 Å². The van der Waals surface area contributed by atoms with E-state index in [-0.39, 0.29) is 27.6 Å². The van der Waals surface area contributed by atoms with Crippen LogP contribution >= 0.6 is 0 Å². The minimum atomic E-state index is -0.372. The number of benzene rings is 1. The van der Waals surface area contributed by atoms with Crippen molar-refractivity contribution in [1.82, 2.24) is 4.57 Å². The number of nitriles is 1. The van der Waals surface area contributed by atoms with E-state index in [1.807, 2.05) is 12.1 Å². The molecule has 0 aliphatic carbocycles. The second kappa shape index (κ2) is 5.62. The number of allylic oxidation sites excluding steroid dienone is 2. The second-order valence-electron chi connectivity index (χ2n) is 7.63. The van der Waals surface area contributed by atoms with Crippen LogP contribution in [0.3, 0.4) is 0 Å². The maximum atomic E-state index is 12.6. The second-order valence-corrected chi connectivity index (χ2v) is 7.63. The van der Waals surface area contributed by atoms with E-state index in [1.165, 1.54) is 23.9 Å². The number of anilines is 1. The first-order valence-corrected chi connectivity index (χ1v) is 8.92. The smallest absolute Gasteiger partial charge is 0.260 e. The van der Waals surface area contributed by atoms with Crippen molar-refractivity contribution >= 4 is 18.3 Å². The van der Waals surface area contributed by atoms with Gasteiger partial charge in [0.15, 0.2) is 0 Å². The van der Waals surface area contributed by atoms with Crippen LogP contribution in [0.1, 0.15) is 30.5 Å². The Bertz CT molecular complexity index is 1230. The fourth-order valence-electron chi connectivity index (χ4n) is 4.27. The lowest BCUT2D eigenvalue weighted by Crippen LogP contribution is -2.45. The number of hydrogen-bond donors (Lipinski definition) is 1. The summed E-state index contributed by atoms with van der Waals surface area (Å²) in [5.41, 5.74) is 4.54. The first-order valence-electron chi connectivity index (χ1n) is 8.92. The molecule has 0 unspecified atom stereocenters. The molecule has 2 aromatic rings. The molecule has 1 N–H and O–H groups in total. The normalized spacial score (nSPS) is 18.8. The third-order valence-corrected chi connectivity index (χ3v) is 5.82. The van der Waals surface area contributed by atoms with E-state index < -0.39 is 0 Å². The summed E-state index contributed by atoms with van der Waals surface area (Å²) >= 11 is 0. The maximum Gasteiger partial charge on any atom is 0.260 e. The number of hydrogen-bond acceptors (Lipinski definition) is 4. The van der Waals surface area contributed by atoms with E-state index >= 15 is 0 Å². The van der Waals surface area contributed by atoms with Gasteiger partial charge in [-0.3, -0.25) is 9.36 Å². The lowest BCUT2D eigenvalue weighted by atomic mass is 9.82. The molecule has 27 heavy (non-hydrogen) atoms. The van der Waals surface area contributed by atoms with Gasteiger partial charge < -0.3 is 10.0 Å². The third-order valence-electron chi connectivity index (χ3n) is 5.82. The minimum Gasteiger partial charge on any atom is -0.493 e. The maximum absolute atomic E-state index is 12.6. The molecule has 5 nitrogen and oxygen atoms in total. The molecule has 3 heterocycles. The van der Waals surface area contributed by atoms with Crippen molar-refractivity contribution < 1.29 is 5.11 Å². The Kier molecular flexibility index (Phi) is 3.57. The Labute approximate surface area is 157 Å². The highest BCUT2D eigenvalue weighted by atomic mass is 16.3. The zero-order valence-electron chi connectivity index (χ0n) is 15.7. The Balaban J connectivity index is 1.96. The summed E-state index contributed by atoms with van der Waals surface area (Å²) < 4.78 is 1.08. The van der Waals surface area contributed by atoms with Gasteiger partial charge in [0.2, 0.25) is 5.88 Å². The van der Waals surface area contributed by atoms with Crippen molar-refractivity contribution in [1.29, 1.82) is 5.26 Å². The van der Waals surface area contributed by atoms with Crippen molar-refractivity contribution in [2.24, 2.45) is 7.05 Å². The summed E-state index contributed by atoms with van der Waals surface area (Å²) in [5.74, 6) is -0.352. The number of pyridine rings is 1. The number of aromatic nitrogens is 1. The molecule has 0 atom stereocenters. The molecule has 0 bridgehead atoms. The third kappa shape index (κ3) is 2.20. The van der Waals surface area contributed by atoms with Crippen LogP contribution in [0.4, 0.5) is 5.69 Å². The zero-order valence-corrected chi connectivity index (χ0v) is 15.7.